The zero-order valence-corrected chi connectivity index (χ0v) is 11.8. The van der Waals surface area contributed by atoms with Crippen LogP contribution in [0.25, 0.3) is 16.7 Å². The SMILES string of the molecule is N#Cc1c(F)cccc1-c1ccc(C2=CCCCC2)cc1. The second-order valence-electron chi connectivity index (χ2n) is 5.33. The van der Waals surface area contributed by atoms with Crippen LogP contribution in [0.15, 0.2) is 48.5 Å². The summed E-state index contributed by atoms with van der Waals surface area (Å²) >= 11 is 0. The van der Waals surface area contributed by atoms with Gasteiger partial charge < -0.3 is 0 Å². The first-order valence-electron chi connectivity index (χ1n) is 7.28. The summed E-state index contributed by atoms with van der Waals surface area (Å²) in [5.74, 6) is -0.464. The van der Waals surface area contributed by atoms with Crippen LogP contribution in [-0.2, 0) is 0 Å². The molecular formula is C19H16FN. The molecule has 0 unspecified atom stereocenters. The zero-order valence-electron chi connectivity index (χ0n) is 11.8. The number of benzene rings is 2. The van der Waals surface area contributed by atoms with E-state index in [2.05, 4.69) is 18.2 Å². The lowest BCUT2D eigenvalue weighted by molar-refractivity contribution is 0.624. The van der Waals surface area contributed by atoms with Gasteiger partial charge in [0.05, 0.1) is 5.56 Å². The Morgan fingerprint density at radius 3 is 2.38 bits per heavy atom. The minimum atomic E-state index is -0.464. The molecule has 0 N–H and O–H groups in total. The van der Waals surface area contributed by atoms with Gasteiger partial charge in [0, 0.05) is 5.56 Å². The van der Waals surface area contributed by atoms with Crippen molar-refractivity contribution in [2.24, 2.45) is 0 Å². The van der Waals surface area contributed by atoms with Crippen molar-refractivity contribution in [2.75, 3.05) is 0 Å². The summed E-state index contributed by atoms with van der Waals surface area (Å²) < 4.78 is 13.7. The van der Waals surface area contributed by atoms with Gasteiger partial charge in [-0.3, -0.25) is 0 Å². The van der Waals surface area contributed by atoms with Crippen molar-refractivity contribution in [3.8, 4) is 17.2 Å². The van der Waals surface area contributed by atoms with E-state index < -0.39 is 5.82 Å². The lowest BCUT2D eigenvalue weighted by atomic mass is 9.92. The van der Waals surface area contributed by atoms with Crippen molar-refractivity contribution >= 4 is 5.57 Å². The summed E-state index contributed by atoms with van der Waals surface area (Å²) in [6.07, 6.45) is 7.11. The molecule has 2 aromatic carbocycles. The molecule has 2 heteroatoms. The zero-order chi connectivity index (χ0) is 14.7. The molecule has 21 heavy (non-hydrogen) atoms. The van der Waals surface area contributed by atoms with Crippen LogP contribution in [0.3, 0.4) is 0 Å². The number of nitrogens with zero attached hydrogens (tertiary/aromatic N) is 1. The highest BCUT2D eigenvalue weighted by atomic mass is 19.1. The third-order valence-electron chi connectivity index (χ3n) is 3.98. The monoisotopic (exact) mass is 277 g/mol. The predicted molar refractivity (Wildman–Crippen MR) is 83.0 cm³/mol. The predicted octanol–water partition coefficient (Wildman–Crippen LogP) is 5.32. The Balaban J connectivity index is 1.97. The van der Waals surface area contributed by atoms with Gasteiger partial charge in [0.15, 0.2) is 0 Å². The Morgan fingerprint density at radius 1 is 0.952 bits per heavy atom. The van der Waals surface area contributed by atoms with Crippen LogP contribution in [0.4, 0.5) is 4.39 Å². The van der Waals surface area contributed by atoms with Gasteiger partial charge in [0.2, 0.25) is 0 Å². The highest BCUT2D eigenvalue weighted by molar-refractivity contribution is 5.74. The van der Waals surface area contributed by atoms with Gasteiger partial charge in [-0.2, -0.15) is 5.26 Å². The van der Waals surface area contributed by atoms with Crippen molar-refractivity contribution in [3.05, 3.63) is 65.5 Å². The second kappa shape index (κ2) is 5.93. The molecule has 0 aliphatic heterocycles. The van der Waals surface area contributed by atoms with Crippen LogP contribution >= 0.6 is 0 Å². The summed E-state index contributed by atoms with van der Waals surface area (Å²) in [7, 11) is 0. The second-order valence-corrected chi connectivity index (χ2v) is 5.33. The quantitative estimate of drug-likeness (QED) is 0.728. The highest BCUT2D eigenvalue weighted by Gasteiger charge is 2.11. The van der Waals surface area contributed by atoms with Gasteiger partial charge in [0.1, 0.15) is 11.9 Å². The summed E-state index contributed by atoms with van der Waals surface area (Å²) in [4.78, 5) is 0. The summed E-state index contributed by atoms with van der Waals surface area (Å²) in [6.45, 7) is 0. The molecule has 0 heterocycles. The molecular weight excluding hydrogens is 261 g/mol. The molecule has 104 valence electrons. The van der Waals surface area contributed by atoms with Crippen LogP contribution < -0.4 is 0 Å². The Hall–Kier alpha value is -2.40. The third-order valence-corrected chi connectivity index (χ3v) is 3.98. The standard InChI is InChI=1S/C19H16FN/c20-19-8-4-7-17(18(19)13-21)16-11-9-15(10-12-16)14-5-2-1-3-6-14/h4-5,7-12H,1-3,6H2. The molecule has 0 saturated heterocycles. The first-order chi connectivity index (χ1) is 10.3. The maximum absolute atomic E-state index is 13.7. The van der Waals surface area contributed by atoms with E-state index in [-0.39, 0.29) is 5.56 Å². The molecule has 0 atom stereocenters. The number of hydrogen-bond donors (Lipinski definition) is 0. The average Bonchev–Trinajstić information content (AvgIpc) is 2.55. The van der Waals surface area contributed by atoms with Crippen LogP contribution in [0.1, 0.15) is 36.8 Å². The van der Waals surface area contributed by atoms with Gasteiger partial charge in [-0.25, -0.2) is 4.39 Å². The fraction of sp³-hybridized carbons (Fsp3) is 0.211. The Labute approximate surface area is 124 Å². The van der Waals surface area contributed by atoms with E-state index in [0.717, 1.165) is 18.4 Å². The van der Waals surface area contributed by atoms with Crippen LogP contribution in [0, 0.1) is 17.1 Å². The van der Waals surface area contributed by atoms with E-state index in [1.54, 1.807) is 12.1 Å². The van der Waals surface area contributed by atoms with Gasteiger partial charge in [-0.05, 0) is 48.4 Å². The topological polar surface area (TPSA) is 23.8 Å². The molecule has 1 aliphatic rings. The normalized spacial score (nSPS) is 14.4. The first-order valence-corrected chi connectivity index (χ1v) is 7.28. The van der Waals surface area contributed by atoms with Gasteiger partial charge >= 0.3 is 0 Å². The molecule has 0 aromatic heterocycles. The lowest BCUT2D eigenvalue weighted by Gasteiger charge is -2.13. The number of rotatable bonds is 2. The van der Waals surface area contributed by atoms with E-state index in [4.69, 9.17) is 5.26 Å². The summed E-state index contributed by atoms with van der Waals surface area (Å²) in [6, 6.07) is 14.8. The van der Waals surface area contributed by atoms with E-state index in [1.165, 1.54) is 30.0 Å². The average molecular weight is 277 g/mol. The fourth-order valence-corrected chi connectivity index (χ4v) is 2.84. The maximum Gasteiger partial charge on any atom is 0.141 e. The molecule has 3 rings (SSSR count). The van der Waals surface area contributed by atoms with Crippen LogP contribution in [-0.4, -0.2) is 0 Å². The molecule has 0 spiro atoms. The Kier molecular flexibility index (Phi) is 3.83. The maximum atomic E-state index is 13.7. The number of hydrogen-bond acceptors (Lipinski definition) is 1. The fourth-order valence-electron chi connectivity index (χ4n) is 2.84. The highest BCUT2D eigenvalue weighted by Crippen LogP contribution is 2.30. The Bertz CT molecular complexity index is 720. The molecule has 0 fully saturated rings. The molecule has 0 amide bonds. The molecule has 0 radical (unpaired) electrons. The van der Waals surface area contributed by atoms with Crippen molar-refractivity contribution in [1.82, 2.24) is 0 Å². The van der Waals surface area contributed by atoms with E-state index in [9.17, 15) is 4.39 Å². The minimum absolute atomic E-state index is 0.113. The third kappa shape index (κ3) is 2.73. The van der Waals surface area contributed by atoms with E-state index in [0.29, 0.717) is 5.56 Å². The van der Waals surface area contributed by atoms with Crippen LogP contribution in [0.2, 0.25) is 0 Å². The Morgan fingerprint density at radius 2 is 1.71 bits per heavy atom. The minimum Gasteiger partial charge on any atom is -0.206 e. The number of nitriles is 1. The molecule has 1 nitrogen and oxygen atoms in total. The van der Waals surface area contributed by atoms with Crippen molar-refractivity contribution in [1.29, 1.82) is 5.26 Å². The van der Waals surface area contributed by atoms with Gasteiger partial charge in [0.25, 0.3) is 0 Å². The molecule has 2 aromatic rings. The molecule has 0 bridgehead atoms. The van der Waals surface area contributed by atoms with Gasteiger partial charge in [-0.15, -0.1) is 0 Å². The van der Waals surface area contributed by atoms with Crippen molar-refractivity contribution < 1.29 is 4.39 Å². The lowest BCUT2D eigenvalue weighted by Crippen LogP contribution is -1.93. The largest absolute Gasteiger partial charge is 0.206 e. The number of halogens is 1. The van der Waals surface area contributed by atoms with Crippen molar-refractivity contribution in [2.45, 2.75) is 25.7 Å². The first kappa shape index (κ1) is 13.6. The molecule has 1 aliphatic carbocycles. The molecule has 0 saturated carbocycles. The summed E-state index contributed by atoms with van der Waals surface area (Å²) in [5, 5.41) is 9.12. The number of allylic oxidation sites excluding steroid dienone is 2. The smallest absolute Gasteiger partial charge is 0.141 e. The van der Waals surface area contributed by atoms with Crippen molar-refractivity contribution in [3.63, 3.8) is 0 Å². The van der Waals surface area contributed by atoms with Gasteiger partial charge in [-0.1, -0.05) is 42.5 Å². The van der Waals surface area contributed by atoms with E-state index in [1.807, 2.05) is 18.2 Å². The van der Waals surface area contributed by atoms with Crippen LogP contribution in [0.5, 0.6) is 0 Å². The van der Waals surface area contributed by atoms with E-state index >= 15 is 0 Å². The summed E-state index contributed by atoms with van der Waals surface area (Å²) in [5.41, 5.74) is 4.27.